The van der Waals surface area contributed by atoms with Crippen molar-refractivity contribution in [3.63, 3.8) is 0 Å². The molecule has 38 heavy (non-hydrogen) atoms. The Bertz CT molecular complexity index is 2030. The van der Waals surface area contributed by atoms with E-state index in [-0.39, 0.29) is 21.7 Å². The van der Waals surface area contributed by atoms with Crippen LogP contribution in [0.4, 0.5) is 5.69 Å². The minimum absolute atomic E-state index is 0.0710. The second-order valence-corrected chi connectivity index (χ2v) is 11.2. The summed E-state index contributed by atoms with van der Waals surface area (Å²) in [7, 11) is -4.01. The van der Waals surface area contributed by atoms with E-state index in [0.29, 0.717) is 27.7 Å². The molecule has 0 atom stereocenters. The topological polar surface area (TPSA) is 111 Å². The van der Waals surface area contributed by atoms with Crippen LogP contribution in [-0.4, -0.2) is 29.0 Å². The molecular weight excluding hydrogens is 522 g/mol. The third-order valence-corrected chi connectivity index (χ3v) is 8.74. The highest BCUT2D eigenvalue weighted by Crippen LogP contribution is 2.30. The second kappa shape index (κ2) is 9.47. The number of imidazole rings is 1. The van der Waals surface area contributed by atoms with Crippen LogP contribution in [0.25, 0.3) is 32.8 Å². The van der Waals surface area contributed by atoms with Crippen LogP contribution in [-0.2, 0) is 14.8 Å². The summed E-state index contributed by atoms with van der Waals surface area (Å²) in [5.74, 6) is -0.410. The largest absolute Gasteiger partial charge is 0.423 e. The number of benzene rings is 4. The average molecular weight is 542 g/mol. The van der Waals surface area contributed by atoms with E-state index in [1.165, 1.54) is 10.0 Å². The van der Waals surface area contributed by atoms with Gasteiger partial charge < -0.3 is 9.73 Å². The number of rotatable bonds is 6. The Labute approximate surface area is 221 Å². The number of nitrogens with zero attached hydrogens (tertiary/aromatic N) is 2. The second-order valence-electron chi connectivity index (χ2n) is 8.51. The van der Waals surface area contributed by atoms with Crippen molar-refractivity contribution in [3.05, 3.63) is 107 Å². The molecule has 0 saturated carbocycles. The molecule has 0 fully saturated rings. The van der Waals surface area contributed by atoms with E-state index in [1.807, 2.05) is 24.3 Å². The highest BCUT2D eigenvalue weighted by molar-refractivity contribution is 8.00. The summed E-state index contributed by atoms with van der Waals surface area (Å²) in [6.45, 7) is 0. The molecule has 0 aliphatic carbocycles. The van der Waals surface area contributed by atoms with Gasteiger partial charge in [-0.15, -0.1) is 0 Å². The lowest BCUT2D eigenvalue weighted by molar-refractivity contribution is -0.113. The Morgan fingerprint density at radius 1 is 0.868 bits per heavy atom. The number of fused-ring (bicyclic) bond motifs is 3. The van der Waals surface area contributed by atoms with Gasteiger partial charge in [0.25, 0.3) is 10.0 Å². The number of anilines is 1. The Kier molecular flexibility index (Phi) is 5.97. The Morgan fingerprint density at radius 2 is 1.63 bits per heavy atom. The van der Waals surface area contributed by atoms with Crippen molar-refractivity contribution >= 4 is 66.2 Å². The summed E-state index contributed by atoms with van der Waals surface area (Å²) in [5, 5.41) is 5.39. The minimum atomic E-state index is -4.01. The number of carbonyl (C=O) groups is 1. The van der Waals surface area contributed by atoms with E-state index in [0.717, 1.165) is 22.5 Å². The van der Waals surface area contributed by atoms with Gasteiger partial charge in [0.1, 0.15) is 5.58 Å². The molecule has 1 N–H and O–H groups in total. The van der Waals surface area contributed by atoms with E-state index in [4.69, 9.17) is 4.42 Å². The third-order valence-electron chi connectivity index (χ3n) is 5.98. The lowest BCUT2D eigenvalue weighted by atomic mass is 10.1. The van der Waals surface area contributed by atoms with E-state index >= 15 is 0 Å². The van der Waals surface area contributed by atoms with Gasteiger partial charge in [0.05, 0.1) is 21.7 Å². The minimum Gasteiger partial charge on any atom is -0.423 e. The smallest absolute Gasteiger partial charge is 0.336 e. The lowest BCUT2D eigenvalue weighted by Crippen LogP contribution is -2.17. The fourth-order valence-electron chi connectivity index (χ4n) is 4.22. The Hall–Kier alpha value is -4.41. The number of amides is 1. The Balaban J connectivity index is 1.30. The molecule has 0 spiro atoms. The maximum atomic E-state index is 13.8. The van der Waals surface area contributed by atoms with E-state index < -0.39 is 15.6 Å². The summed E-state index contributed by atoms with van der Waals surface area (Å²) >= 11 is 1.03. The maximum Gasteiger partial charge on any atom is 0.336 e. The number of carbonyl (C=O) groups excluding carboxylic acids is 1. The van der Waals surface area contributed by atoms with Crippen LogP contribution in [0.3, 0.4) is 0 Å². The van der Waals surface area contributed by atoms with Gasteiger partial charge in [0.2, 0.25) is 5.91 Å². The molecule has 0 aliphatic rings. The summed E-state index contributed by atoms with van der Waals surface area (Å²) in [4.78, 5) is 28.8. The van der Waals surface area contributed by atoms with Crippen molar-refractivity contribution in [1.82, 2.24) is 8.96 Å². The van der Waals surface area contributed by atoms with Crippen LogP contribution in [0.5, 0.6) is 0 Å². The summed E-state index contributed by atoms with van der Waals surface area (Å²) in [6, 6.07) is 27.4. The van der Waals surface area contributed by atoms with Crippen molar-refractivity contribution in [1.29, 1.82) is 0 Å². The van der Waals surface area contributed by atoms with Crippen LogP contribution in [0.1, 0.15) is 0 Å². The lowest BCUT2D eigenvalue weighted by Gasteiger charge is -2.11. The Morgan fingerprint density at radius 3 is 2.50 bits per heavy atom. The van der Waals surface area contributed by atoms with Crippen molar-refractivity contribution in [3.8, 4) is 0 Å². The van der Waals surface area contributed by atoms with Crippen LogP contribution in [0.15, 0.2) is 116 Å². The van der Waals surface area contributed by atoms with Crippen molar-refractivity contribution in [2.45, 2.75) is 10.1 Å². The van der Waals surface area contributed by atoms with Crippen molar-refractivity contribution in [2.75, 3.05) is 11.1 Å². The molecule has 0 aliphatic heterocycles. The first-order valence-corrected chi connectivity index (χ1v) is 14.0. The molecular formula is C28H19N3O5S2. The molecule has 0 bridgehead atoms. The molecule has 1 amide bonds. The number of hydrogen-bond acceptors (Lipinski definition) is 7. The van der Waals surface area contributed by atoms with Crippen molar-refractivity contribution in [2.24, 2.45) is 0 Å². The molecule has 4 aromatic carbocycles. The van der Waals surface area contributed by atoms with Crippen LogP contribution in [0, 0.1) is 0 Å². The zero-order valence-corrected chi connectivity index (χ0v) is 21.3. The van der Waals surface area contributed by atoms with Crippen molar-refractivity contribution < 1.29 is 17.6 Å². The first kappa shape index (κ1) is 24.0. The SMILES string of the molecule is O=C(CSc1nc2ccccc2n1S(=O)(=O)c1ccc2ccccc2c1)Nc1ccc2oc(=O)ccc2c1. The van der Waals surface area contributed by atoms with Crippen LogP contribution in [0.2, 0.25) is 0 Å². The zero-order valence-electron chi connectivity index (χ0n) is 19.7. The standard InChI is InChI=1S/C28H19N3O5S2/c32-26(29-21-11-13-25-20(15-21)10-14-27(33)36-25)17-37-28-30-23-7-3-4-8-24(23)31(28)38(34,35)22-12-9-18-5-1-2-6-19(18)16-22/h1-16H,17H2,(H,29,32). The van der Waals surface area contributed by atoms with E-state index in [9.17, 15) is 18.0 Å². The quantitative estimate of drug-likeness (QED) is 0.226. The van der Waals surface area contributed by atoms with Crippen LogP contribution < -0.4 is 10.9 Å². The summed E-state index contributed by atoms with van der Waals surface area (Å²) in [5.41, 5.74) is 1.43. The molecule has 10 heteroatoms. The first-order chi connectivity index (χ1) is 18.4. The predicted octanol–water partition coefficient (Wildman–Crippen LogP) is 5.26. The maximum absolute atomic E-state index is 13.8. The highest BCUT2D eigenvalue weighted by atomic mass is 32.2. The molecule has 0 unspecified atom stereocenters. The molecule has 0 radical (unpaired) electrons. The number of nitrogens with one attached hydrogen (secondary N) is 1. The van der Waals surface area contributed by atoms with E-state index in [1.54, 1.807) is 66.7 Å². The van der Waals surface area contributed by atoms with Gasteiger partial charge in [0, 0.05) is 17.1 Å². The van der Waals surface area contributed by atoms with Gasteiger partial charge in [-0.05, 0) is 59.3 Å². The number of thioether (sulfide) groups is 1. The molecule has 188 valence electrons. The molecule has 6 rings (SSSR count). The number of para-hydroxylation sites is 2. The fraction of sp³-hybridized carbons (Fsp3) is 0.0357. The number of aromatic nitrogens is 2. The molecule has 8 nitrogen and oxygen atoms in total. The zero-order chi connectivity index (χ0) is 26.3. The summed E-state index contributed by atoms with van der Waals surface area (Å²) in [6.07, 6.45) is 0. The van der Waals surface area contributed by atoms with E-state index in [2.05, 4.69) is 10.3 Å². The molecule has 2 aromatic heterocycles. The van der Waals surface area contributed by atoms with Crippen LogP contribution >= 0.6 is 11.8 Å². The number of hydrogen-bond donors (Lipinski definition) is 1. The van der Waals surface area contributed by atoms with Gasteiger partial charge in [0.15, 0.2) is 5.16 Å². The molecule has 6 aromatic rings. The predicted molar refractivity (Wildman–Crippen MR) is 148 cm³/mol. The molecule has 0 saturated heterocycles. The normalized spacial score (nSPS) is 11.8. The first-order valence-electron chi connectivity index (χ1n) is 11.6. The monoisotopic (exact) mass is 541 g/mol. The van der Waals surface area contributed by atoms with Gasteiger partial charge >= 0.3 is 5.63 Å². The van der Waals surface area contributed by atoms with Gasteiger partial charge in [-0.3, -0.25) is 4.79 Å². The van der Waals surface area contributed by atoms with Gasteiger partial charge in [-0.25, -0.2) is 22.2 Å². The highest BCUT2D eigenvalue weighted by Gasteiger charge is 2.25. The van der Waals surface area contributed by atoms with Gasteiger partial charge in [-0.2, -0.15) is 0 Å². The third kappa shape index (κ3) is 4.44. The fourth-order valence-corrected chi connectivity index (χ4v) is 6.77. The van der Waals surface area contributed by atoms with Gasteiger partial charge in [-0.1, -0.05) is 54.2 Å². The molecule has 2 heterocycles. The average Bonchev–Trinajstić information content (AvgIpc) is 3.31. The summed E-state index contributed by atoms with van der Waals surface area (Å²) < 4.78 is 34.0.